The Hall–Kier alpha value is -2.56. The molecule has 0 saturated heterocycles. The van der Waals surface area contributed by atoms with Crippen molar-refractivity contribution >= 4 is 35.2 Å². The summed E-state index contributed by atoms with van der Waals surface area (Å²) in [5.41, 5.74) is 1.84. The second kappa shape index (κ2) is 9.58. The van der Waals surface area contributed by atoms with Crippen LogP contribution < -0.4 is 4.74 Å². The van der Waals surface area contributed by atoms with E-state index in [2.05, 4.69) is 0 Å². The summed E-state index contributed by atoms with van der Waals surface area (Å²) in [5.74, 6) is 0.567. The zero-order valence-electron chi connectivity index (χ0n) is 15.2. The molecule has 28 heavy (non-hydrogen) atoms. The van der Waals surface area contributed by atoms with Crippen LogP contribution in [0.15, 0.2) is 77.7 Å². The van der Waals surface area contributed by atoms with Gasteiger partial charge in [-0.05, 0) is 48.0 Å². The minimum Gasteiger partial charge on any atom is -0.496 e. The lowest BCUT2D eigenvalue weighted by Gasteiger charge is -2.10. The lowest BCUT2D eigenvalue weighted by Crippen LogP contribution is -2.02. The van der Waals surface area contributed by atoms with Crippen molar-refractivity contribution in [3.05, 3.63) is 105 Å². The average Bonchev–Trinajstić information content (AvgIpc) is 2.72. The molecular formula is C23H18ClFO2S. The molecule has 3 rings (SSSR count). The highest BCUT2D eigenvalue weighted by molar-refractivity contribution is 8.03. The molecule has 0 radical (unpaired) electrons. The van der Waals surface area contributed by atoms with Gasteiger partial charge in [0, 0.05) is 21.9 Å². The summed E-state index contributed by atoms with van der Waals surface area (Å²) in [4.78, 5) is 13.6. The van der Waals surface area contributed by atoms with Gasteiger partial charge in [0.25, 0.3) is 0 Å². The number of Topliss-reactive ketones (excluding diaryl/α,β-unsaturated/α-hetero) is 1. The lowest BCUT2D eigenvalue weighted by atomic mass is 10.1. The molecule has 0 heterocycles. The molecule has 0 atom stereocenters. The number of thioether (sulfide) groups is 1. The van der Waals surface area contributed by atoms with Crippen molar-refractivity contribution < 1.29 is 13.9 Å². The van der Waals surface area contributed by atoms with E-state index in [4.69, 9.17) is 16.3 Å². The monoisotopic (exact) mass is 412 g/mol. The molecule has 0 fully saturated rings. The molecule has 142 valence electrons. The zero-order chi connectivity index (χ0) is 19.9. The Morgan fingerprint density at radius 1 is 1.04 bits per heavy atom. The van der Waals surface area contributed by atoms with Crippen molar-refractivity contribution in [3.8, 4) is 5.75 Å². The van der Waals surface area contributed by atoms with Crippen LogP contribution in [0.5, 0.6) is 5.75 Å². The van der Waals surface area contributed by atoms with Gasteiger partial charge >= 0.3 is 0 Å². The molecule has 0 aliphatic heterocycles. The third kappa shape index (κ3) is 5.03. The molecule has 0 unspecified atom stereocenters. The summed E-state index contributed by atoms with van der Waals surface area (Å²) >= 11 is 7.23. The molecule has 0 aliphatic carbocycles. The molecule has 0 saturated carbocycles. The summed E-state index contributed by atoms with van der Waals surface area (Å²) in [5, 5.41) is 0.561. The van der Waals surface area contributed by atoms with Gasteiger partial charge in [0.15, 0.2) is 5.78 Å². The summed E-state index contributed by atoms with van der Waals surface area (Å²) in [7, 11) is 1.58. The minimum atomic E-state index is -0.286. The smallest absolute Gasteiger partial charge is 0.199 e. The average molecular weight is 413 g/mol. The summed E-state index contributed by atoms with van der Waals surface area (Å²) in [6, 6.07) is 20.7. The van der Waals surface area contributed by atoms with Gasteiger partial charge in [-0.1, -0.05) is 48.0 Å². The Morgan fingerprint density at radius 2 is 1.71 bits per heavy atom. The van der Waals surface area contributed by atoms with Crippen LogP contribution in [0, 0.1) is 5.82 Å². The normalized spacial score (nSPS) is 11.3. The second-order valence-corrected chi connectivity index (χ2v) is 7.42. The van der Waals surface area contributed by atoms with Crippen LogP contribution in [-0.4, -0.2) is 12.9 Å². The molecular weight excluding hydrogens is 395 g/mol. The van der Waals surface area contributed by atoms with E-state index in [1.165, 1.54) is 17.8 Å². The SMILES string of the molecule is COc1ccccc1C=C(SCc1ccccc1F)C(=O)c1ccc(Cl)cc1. The Bertz CT molecular complexity index is 999. The highest BCUT2D eigenvalue weighted by atomic mass is 35.5. The van der Waals surface area contributed by atoms with E-state index < -0.39 is 0 Å². The molecule has 0 bridgehead atoms. The predicted octanol–water partition coefficient (Wildman–Crippen LogP) is 6.64. The van der Waals surface area contributed by atoms with E-state index in [-0.39, 0.29) is 11.6 Å². The molecule has 0 aliphatic rings. The number of carbonyl (C=O) groups excluding carboxylic acids is 1. The number of hydrogen-bond acceptors (Lipinski definition) is 3. The number of para-hydroxylation sites is 1. The maximum absolute atomic E-state index is 14.0. The van der Waals surface area contributed by atoms with Gasteiger partial charge in [0.2, 0.25) is 0 Å². The number of benzene rings is 3. The third-order valence-corrected chi connectivity index (χ3v) is 5.42. The Balaban J connectivity index is 1.95. The number of methoxy groups -OCH3 is 1. The quantitative estimate of drug-likeness (QED) is 0.321. The van der Waals surface area contributed by atoms with E-state index in [9.17, 15) is 9.18 Å². The Labute approximate surface area is 173 Å². The maximum Gasteiger partial charge on any atom is 0.199 e. The third-order valence-electron chi connectivity index (χ3n) is 4.10. The summed E-state index contributed by atoms with van der Waals surface area (Å²) in [6.45, 7) is 0. The zero-order valence-corrected chi connectivity index (χ0v) is 16.8. The fourth-order valence-corrected chi connectivity index (χ4v) is 3.74. The molecule has 0 amide bonds. The number of carbonyl (C=O) groups is 1. The topological polar surface area (TPSA) is 26.3 Å². The van der Waals surface area contributed by atoms with Gasteiger partial charge < -0.3 is 4.74 Å². The van der Waals surface area contributed by atoms with Crippen molar-refractivity contribution in [1.29, 1.82) is 0 Å². The molecule has 2 nitrogen and oxygen atoms in total. The summed E-state index contributed by atoms with van der Waals surface area (Å²) in [6.07, 6.45) is 1.78. The fourth-order valence-electron chi connectivity index (χ4n) is 2.61. The highest BCUT2D eigenvalue weighted by Crippen LogP contribution is 2.30. The van der Waals surface area contributed by atoms with E-state index in [1.54, 1.807) is 55.7 Å². The number of ketones is 1. The van der Waals surface area contributed by atoms with E-state index >= 15 is 0 Å². The van der Waals surface area contributed by atoms with E-state index in [0.717, 1.165) is 5.56 Å². The van der Waals surface area contributed by atoms with Crippen LogP contribution >= 0.6 is 23.4 Å². The van der Waals surface area contributed by atoms with Gasteiger partial charge in [-0.25, -0.2) is 4.39 Å². The molecule has 0 N–H and O–H groups in total. The van der Waals surface area contributed by atoms with Crippen LogP contribution in [0.1, 0.15) is 21.5 Å². The standard InChI is InChI=1S/C23H18ClFO2S/c1-27-21-9-5-3-6-17(21)14-22(23(26)16-10-12-19(24)13-11-16)28-15-18-7-2-4-8-20(18)25/h2-14H,15H2,1H3. The second-order valence-electron chi connectivity index (χ2n) is 5.97. The van der Waals surface area contributed by atoms with Gasteiger partial charge in [0.05, 0.1) is 12.0 Å². The van der Waals surface area contributed by atoms with Gasteiger partial charge in [0.1, 0.15) is 11.6 Å². The van der Waals surface area contributed by atoms with Crippen molar-refractivity contribution in [1.82, 2.24) is 0 Å². The Kier molecular flexibility index (Phi) is 6.90. The minimum absolute atomic E-state index is 0.149. The number of hydrogen-bond donors (Lipinski definition) is 0. The van der Waals surface area contributed by atoms with Crippen molar-refractivity contribution in [2.75, 3.05) is 7.11 Å². The fraction of sp³-hybridized carbons (Fsp3) is 0.0870. The first-order valence-corrected chi connectivity index (χ1v) is 9.96. The van der Waals surface area contributed by atoms with Gasteiger partial charge in [-0.3, -0.25) is 4.79 Å². The van der Waals surface area contributed by atoms with Crippen LogP contribution in [-0.2, 0) is 5.75 Å². The highest BCUT2D eigenvalue weighted by Gasteiger charge is 2.15. The van der Waals surface area contributed by atoms with Crippen molar-refractivity contribution in [2.24, 2.45) is 0 Å². The predicted molar refractivity (Wildman–Crippen MR) is 114 cm³/mol. The number of ether oxygens (including phenoxy) is 1. The molecule has 0 aromatic heterocycles. The van der Waals surface area contributed by atoms with Gasteiger partial charge in [-0.15, -0.1) is 11.8 Å². The largest absolute Gasteiger partial charge is 0.496 e. The molecule has 3 aromatic carbocycles. The first-order chi connectivity index (χ1) is 13.6. The molecule has 5 heteroatoms. The van der Waals surface area contributed by atoms with Crippen LogP contribution in [0.3, 0.4) is 0 Å². The number of rotatable bonds is 7. The number of allylic oxidation sites excluding steroid dienone is 1. The number of halogens is 2. The van der Waals surface area contributed by atoms with Crippen molar-refractivity contribution in [3.63, 3.8) is 0 Å². The molecule has 3 aromatic rings. The van der Waals surface area contributed by atoms with E-state index in [1.807, 2.05) is 24.3 Å². The van der Waals surface area contributed by atoms with Crippen LogP contribution in [0.4, 0.5) is 4.39 Å². The van der Waals surface area contributed by atoms with Crippen LogP contribution in [0.25, 0.3) is 6.08 Å². The maximum atomic E-state index is 14.0. The summed E-state index contributed by atoms with van der Waals surface area (Å²) < 4.78 is 19.4. The van der Waals surface area contributed by atoms with E-state index in [0.29, 0.717) is 32.6 Å². The molecule has 0 spiro atoms. The van der Waals surface area contributed by atoms with Crippen LogP contribution in [0.2, 0.25) is 5.02 Å². The first-order valence-electron chi connectivity index (χ1n) is 8.59. The first kappa shape index (κ1) is 20.2. The van der Waals surface area contributed by atoms with Crippen molar-refractivity contribution in [2.45, 2.75) is 5.75 Å². The van der Waals surface area contributed by atoms with Gasteiger partial charge in [-0.2, -0.15) is 0 Å². The lowest BCUT2D eigenvalue weighted by molar-refractivity contribution is 0.104. The Morgan fingerprint density at radius 3 is 2.43 bits per heavy atom.